The fourth-order valence-corrected chi connectivity index (χ4v) is 3.85. The molecule has 5 heteroatoms. The Morgan fingerprint density at radius 1 is 1.23 bits per heavy atom. The Hall–Kier alpha value is -2.11. The summed E-state index contributed by atoms with van der Waals surface area (Å²) in [5.74, 6) is 0.964. The van der Waals surface area contributed by atoms with Crippen molar-refractivity contribution in [1.29, 1.82) is 0 Å². The number of furan rings is 1. The molecule has 4 rings (SSSR count). The van der Waals surface area contributed by atoms with Crippen molar-refractivity contribution in [3.05, 3.63) is 70.4 Å². The number of hydrogen-bond acceptors (Lipinski definition) is 3. The third kappa shape index (κ3) is 3.17. The van der Waals surface area contributed by atoms with Crippen LogP contribution in [0.3, 0.4) is 0 Å². The highest BCUT2D eigenvalue weighted by Crippen LogP contribution is 2.33. The highest BCUT2D eigenvalue weighted by molar-refractivity contribution is 9.10. The van der Waals surface area contributed by atoms with Gasteiger partial charge in [0.05, 0.1) is 12.1 Å². The molecule has 1 saturated heterocycles. The number of carbonyl (C=O) groups excluding carboxylic acids is 1. The van der Waals surface area contributed by atoms with Crippen molar-refractivity contribution in [2.24, 2.45) is 0 Å². The molecule has 1 atom stereocenters. The van der Waals surface area contributed by atoms with Crippen LogP contribution in [0.2, 0.25) is 0 Å². The van der Waals surface area contributed by atoms with Crippen LogP contribution in [-0.2, 0) is 17.9 Å². The zero-order valence-corrected chi connectivity index (χ0v) is 16.3. The molecule has 1 amide bonds. The largest absolute Gasteiger partial charge is 0.460 e. The van der Waals surface area contributed by atoms with Gasteiger partial charge in [-0.25, -0.2) is 0 Å². The van der Waals surface area contributed by atoms with Crippen molar-refractivity contribution in [2.45, 2.75) is 32.0 Å². The highest BCUT2D eigenvalue weighted by Gasteiger charge is 2.46. The summed E-state index contributed by atoms with van der Waals surface area (Å²) in [6, 6.07) is 18.0. The van der Waals surface area contributed by atoms with Gasteiger partial charge in [-0.1, -0.05) is 52.3 Å². The van der Waals surface area contributed by atoms with Gasteiger partial charge in [-0.3, -0.25) is 9.69 Å². The average molecular weight is 413 g/mol. The summed E-state index contributed by atoms with van der Waals surface area (Å²) in [4.78, 5) is 15.0. The SMILES string of the molecule is CC1(C(=O)NCc2ccccc2Br)CCN1Cc1cc2ccccc2o1. The third-order valence-corrected chi connectivity index (χ3v) is 6.05. The van der Waals surface area contributed by atoms with Crippen LogP contribution in [0.4, 0.5) is 0 Å². The number of nitrogens with one attached hydrogen (secondary N) is 1. The van der Waals surface area contributed by atoms with Crippen LogP contribution in [-0.4, -0.2) is 22.9 Å². The number of amides is 1. The van der Waals surface area contributed by atoms with E-state index in [0.29, 0.717) is 13.1 Å². The molecule has 1 fully saturated rings. The van der Waals surface area contributed by atoms with Gasteiger partial charge in [-0.2, -0.15) is 0 Å². The second kappa shape index (κ2) is 6.89. The molecular weight excluding hydrogens is 392 g/mol. The van der Waals surface area contributed by atoms with Crippen LogP contribution in [0.1, 0.15) is 24.7 Å². The first-order valence-electron chi connectivity index (χ1n) is 8.80. The Morgan fingerprint density at radius 3 is 2.73 bits per heavy atom. The van der Waals surface area contributed by atoms with Crippen molar-refractivity contribution in [3.63, 3.8) is 0 Å². The molecule has 0 radical (unpaired) electrons. The van der Waals surface area contributed by atoms with Crippen molar-refractivity contribution >= 4 is 32.8 Å². The smallest absolute Gasteiger partial charge is 0.240 e. The monoisotopic (exact) mass is 412 g/mol. The molecule has 0 bridgehead atoms. The average Bonchev–Trinajstić information content (AvgIpc) is 3.06. The summed E-state index contributed by atoms with van der Waals surface area (Å²) in [6.45, 7) is 4.08. The predicted molar refractivity (Wildman–Crippen MR) is 106 cm³/mol. The van der Waals surface area contributed by atoms with E-state index in [4.69, 9.17) is 4.42 Å². The Balaban J connectivity index is 1.42. The van der Waals surface area contributed by atoms with Gasteiger partial charge in [0, 0.05) is 22.9 Å². The lowest BCUT2D eigenvalue weighted by Gasteiger charge is -2.48. The standard InChI is InChI=1S/C21H21BrN2O2/c1-21(20(25)23-13-16-7-2-4-8-18(16)22)10-11-24(21)14-17-12-15-6-3-5-9-19(15)26-17/h2-9,12H,10-11,13-14H2,1H3,(H,23,25). The van der Waals surface area contributed by atoms with Gasteiger partial charge in [0.25, 0.3) is 0 Å². The lowest BCUT2D eigenvalue weighted by Crippen LogP contribution is -2.65. The maximum absolute atomic E-state index is 12.8. The van der Waals surface area contributed by atoms with E-state index in [2.05, 4.69) is 32.2 Å². The number of likely N-dealkylation sites (tertiary alicyclic amines) is 1. The van der Waals surface area contributed by atoms with E-state index in [1.165, 1.54) is 0 Å². The van der Waals surface area contributed by atoms with Crippen molar-refractivity contribution in [1.82, 2.24) is 10.2 Å². The number of nitrogens with zero attached hydrogens (tertiary/aromatic N) is 1. The van der Waals surface area contributed by atoms with E-state index >= 15 is 0 Å². The van der Waals surface area contributed by atoms with E-state index < -0.39 is 5.54 Å². The molecular formula is C21H21BrN2O2. The summed E-state index contributed by atoms with van der Waals surface area (Å²) < 4.78 is 6.93. The molecule has 1 unspecified atom stereocenters. The number of carbonyl (C=O) groups is 1. The minimum absolute atomic E-state index is 0.0654. The molecule has 0 aliphatic carbocycles. The maximum atomic E-state index is 12.8. The van der Waals surface area contributed by atoms with E-state index in [9.17, 15) is 4.79 Å². The topological polar surface area (TPSA) is 45.5 Å². The third-order valence-electron chi connectivity index (χ3n) is 5.28. The predicted octanol–water partition coefficient (Wildman–Crippen LogP) is 4.48. The summed E-state index contributed by atoms with van der Waals surface area (Å²) in [6.07, 6.45) is 0.856. The summed E-state index contributed by atoms with van der Waals surface area (Å²) in [5.41, 5.74) is 1.48. The zero-order valence-electron chi connectivity index (χ0n) is 14.7. The summed E-state index contributed by atoms with van der Waals surface area (Å²) >= 11 is 3.53. The first-order chi connectivity index (χ1) is 12.6. The summed E-state index contributed by atoms with van der Waals surface area (Å²) in [5, 5.41) is 4.18. The van der Waals surface area contributed by atoms with E-state index in [1.54, 1.807) is 0 Å². The van der Waals surface area contributed by atoms with Crippen LogP contribution in [0, 0.1) is 0 Å². The minimum atomic E-state index is -0.486. The van der Waals surface area contributed by atoms with Gasteiger partial charge in [0.1, 0.15) is 11.3 Å². The van der Waals surface area contributed by atoms with Crippen LogP contribution < -0.4 is 5.32 Å². The second-order valence-electron chi connectivity index (χ2n) is 6.97. The van der Waals surface area contributed by atoms with Gasteiger partial charge < -0.3 is 9.73 Å². The molecule has 134 valence electrons. The molecule has 2 heterocycles. The fourth-order valence-electron chi connectivity index (χ4n) is 3.43. The lowest BCUT2D eigenvalue weighted by molar-refractivity contribution is -0.142. The Labute approximate surface area is 161 Å². The molecule has 26 heavy (non-hydrogen) atoms. The van der Waals surface area contributed by atoms with Crippen LogP contribution in [0.5, 0.6) is 0 Å². The molecule has 1 aromatic heterocycles. The number of benzene rings is 2. The van der Waals surface area contributed by atoms with Crippen molar-refractivity contribution < 1.29 is 9.21 Å². The van der Waals surface area contributed by atoms with Gasteiger partial charge in [-0.05, 0) is 37.1 Å². The van der Waals surface area contributed by atoms with Crippen molar-refractivity contribution in [2.75, 3.05) is 6.54 Å². The first-order valence-corrected chi connectivity index (χ1v) is 9.60. The molecule has 0 spiro atoms. The van der Waals surface area contributed by atoms with E-state index in [-0.39, 0.29) is 5.91 Å². The van der Waals surface area contributed by atoms with Crippen LogP contribution in [0.25, 0.3) is 11.0 Å². The van der Waals surface area contributed by atoms with Gasteiger partial charge in [0.15, 0.2) is 0 Å². The number of fused-ring (bicyclic) bond motifs is 1. The van der Waals surface area contributed by atoms with Crippen LogP contribution >= 0.6 is 15.9 Å². The zero-order chi connectivity index (χ0) is 18.1. The Bertz CT molecular complexity index is 919. The lowest BCUT2D eigenvalue weighted by atomic mass is 9.85. The fraction of sp³-hybridized carbons (Fsp3) is 0.286. The number of halogens is 1. The number of rotatable bonds is 5. The molecule has 1 N–H and O–H groups in total. The maximum Gasteiger partial charge on any atom is 0.240 e. The minimum Gasteiger partial charge on any atom is -0.460 e. The Kier molecular flexibility index (Phi) is 4.59. The number of para-hydroxylation sites is 1. The second-order valence-corrected chi connectivity index (χ2v) is 7.82. The van der Waals surface area contributed by atoms with Gasteiger partial charge >= 0.3 is 0 Å². The van der Waals surface area contributed by atoms with Crippen molar-refractivity contribution in [3.8, 4) is 0 Å². The molecule has 0 saturated carbocycles. The molecule has 3 aromatic rings. The van der Waals surface area contributed by atoms with E-state index in [1.807, 2.05) is 55.5 Å². The highest BCUT2D eigenvalue weighted by atomic mass is 79.9. The summed E-state index contributed by atoms with van der Waals surface area (Å²) in [7, 11) is 0. The molecule has 4 nitrogen and oxygen atoms in total. The first kappa shape index (κ1) is 17.3. The number of hydrogen-bond donors (Lipinski definition) is 1. The van der Waals surface area contributed by atoms with Gasteiger partial charge in [-0.15, -0.1) is 0 Å². The quantitative estimate of drug-likeness (QED) is 0.671. The Morgan fingerprint density at radius 2 is 2.00 bits per heavy atom. The van der Waals surface area contributed by atoms with E-state index in [0.717, 1.165) is 39.7 Å². The van der Waals surface area contributed by atoms with Gasteiger partial charge in [0.2, 0.25) is 5.91 Å². The van der Waals surface area contributed by atoms with Crippen LogP contribution in [0.15, 0.2) is 63.5 Å². The molecule has 2 aromatic carbocycles. The molecule has 1 aliphatic heterocycles. The normalized spacial score (nSPS) is 20.1. The molecule has 1 aliphatic rings.